The summed E-state index contributed by atoms with van der Waals surface area (Å²) >= 11 is 0. The lowest BCUT2D eigenvalue weighted by molar-refractivity contribution is -0.118. The number of hydrogen-bond donors (Lipinski definition) is 2. The van der Waals surface area contributed by atoms with E-state index >= 15 is 0 Å². The normalized spacial score (nSPS) is 14.4. The minimum Gasteiger partial charge on any atom is -0.378 e. The molecule has 0 aromatic carbocycles. The average Bonchev–Trinajstić information content (AvgIpc) is 3.54. The molecule has 1 fully saturated rings. The van der Waals surface area contributed by atoms with Gasteiger partial charge in [0.2, 0.25) is 5.91 Å². The van der Waals surface area contributed by atoms with Gasteiger partial charge in [0.25, 0.3) is 0 Å². The zero-order valence-corrected chi connectivity index (χ0v) is 18.2. The number of morpholine rings is 1. The summed E-state index contributed by atoms with van der Waals surface area (Å²) < 4.78 is 9.01. The highest BCUT2D eigenvalue weighted by atomic mass is 16.5. The van der Waals surface area contributed by atoms with Gasteiger partial charge in [-0.3, -0.25) is 14.6 Å². The number of aryl methyl sites for hydroxylation is 1. The number of amides is 1. The molecule has 0 saturated carbocycles. The average molecular weight is 435 g/mol. The summed E-state index contributed by atoms with van der Waals surface area (Å²) in [5.74, 6) is 1.62. The number of nitrogens with zero attached hydrogens (tertiary/aromatic N) is 7. The first-order chi connectivity index (χ1) is 15.5. The van der Waals surface area contributed by atoms with Gasteiger partial charge in [-0.15, -0.1) is 5.10 Å². The van der Waals surface area contributed by atoms with Crippen LogP contribution in [-0.4, -0.2) is 67.0 Å². The van der Waals surface area contributed by atoms with Crippen molar-refractivity contribution < 1.29 is 9.53 Å². The van der Waals surface area contributed by atoms with Crippen LogP contribution in [-0.2, 0) is 16.6 Å². The second kappa shape index (κ2) is 8.08. The number of rotatable bonds is 5. The van der Waals surface area contributed by atoms with Crippen LogP contribution in [0.1, 0.15) is 13.8 Å². The third kappa shape index (κ3) is 3.50. The standard InChI is InChI=1S/C21H25N9O2/c1-13(2)21(31)25-19-18-14(15-4-7-23-28(15)3)12-17(29-8-10-32-11-9-29)24-20(18)30(27-19)16-5-6-22-26-16/h4-7,12-13H,8-11H2,1-3H3,(H,22,26)(H,25,27,31). The lowest BCUT2D eigenvalue weighted by Gasteiger charge is -2.28. The fraction of sp³-hybridized carbons (Fsp3) is 0.381. The Hall–Kier alpha value is -3.73. The summed E-state index contributed by atoms with van der Waals surface area (Å²) in [6.45, 7) is 6.49. The van der Waals surface area contributed by atoms with Crippen molar-refractivity contribution in [2.75, 3.05) is 36.5 Å². The van der Waals surface area contributed by atoms with Crippen LogP contribution >= 0.6 is 0 Å². The SMILES string of the molecule is CC(C)C(=O)Nc1nn(-c2ccn[nH]2)c2nc(N3CCOCC3)cc(-c3ccnn3C)c12. The van der Waals surface area contributed by atoms with Crippen LogP contribution < -0.4 is 10.2 Å². The Kier molecular flexibility index (Phi) is 5.10. The van der Waals surface area contributed by atoms with Crippen LogP contribution in [0, 0.1) is 5.92 Å². The molecule has 0 radical (unpaired) electrons. The fourth-order valence-electron chi connectivity index (χ4n) is 3.78. The molecule has 4 aromatic rings. The van der Waals surface area contributed by atoms with Crippen molar-refractivity contribution >= 4 is 28.6 Å². The fourth-order valence-corrected chi connectivity index (χ4v) is 3.78. The zero-order chi connectivity index (χ0) is 22.2. The minimum absolute atomic E-state index is 0.116. The number of H-pyrrole nitrogens is 1. The van der Waals surface area contributed by atoms with Crippen molar-refractivity contribution in [3.63, 3.8) is 0 Å². The number of anilines is 2. The Morgan fingerprint density at radius 2 is 2.03 bits per heavy atom. The van der Waals surface area contributed by atoms with E-state index in [4.69, 9.17) is 14.8 Å². The highest BCUT2D eigenvalue weighted by Crippen LogP contribution is 2.36. The maximum atomic E-state index is 12.6. The van der Waals surface area contributed by atoms with Gasteiger partial charge in [0.15, 0.2) is 17.3 Å². The predicted octanol–water partition coefficient (Wildman–Crippen LogP) is 1.98. The molecule has 1 aliphatic rings. The molecule has 11 heteroatoms. The first-order valence-corrected chi connectivity index (χ1v) is 10.6. The van der Waals surface area contributed by atoms with Gasteiger partial charge in [-0.1, -0.05) is 13.8 Å². The highest BCUT2D eigenvalue weighted by molar-refractivity contribution is 6.07. The molecule has 0 bridgehead atoms. The molecule has 1 aliphatic heterocycles. The number of ether oxygens (including phenoxy) is 1. The number of carbonyl (C=O) groups is 1. The lowest BCUT2D eigenvalue weighted by Crippen LogP contribution is -2.36. The largest absolute Gasteiger partial charge is 0.378 e. The van der Waals surface area contributed by atoms with E-state index in [1.807, 2.05) is 39.1 Å². The summed E-state index contributed by atoms with van der Waals surface area (Å²) in [5.41, 5.74) is 2.41. The maximum Gasteiger partial charge on any atom is 0.228 e. The number of carbonyl (C=O) groups excluding carboxylic acids is 1. The van der Waals surface area contributed by atoms with E-state index in [2.05, 4.69) is 25.5 Å². The third-order valence-electron chi connectivity index (χ3n) is 5.54. The summed E-state index contributed by atoms with van der Waals surface area (Å²) in [6.07, 6.45) is 3.41. The van der Waals surface area contributed by atoms with Crippen LogP contribution in [0.25, 0.3) is 28.1 Å². The minimum atomic E-state index is -0.192. The molecule has 166 valence electrons. The van der Waals surface area contributed by atoms with Crippen molar-refractivity contribution in [1.29, 1.82) is 0 Å². The monoisotopic (exact) mass is 435 g/mol. The van der Waals surface area contributed by atoms with Gasteiger partial charge in [0.05, 0.1) is 30.5 Å². The van der Waals surface area contributed by atoms with E-state index in [0.717, 1.165) is 35.6 Å². The van der Waals surface area contributed by atoms with E-state index in [1.54, 1.807) is 21.8 Å². The van der Waals surface area contributed by atoms with Crippen LogP contribution in [0.2, 0.25) is 0 Å². The molecular weight excluding hydrogens is 410 g/mol. The number of aromatic nitrogens is 7. The molecule has 32 heavy (non-hydrogen) atoms. The van der Waals surface area contributed by atoms with Gasteiger partial charge in [-0.05, 0) is 12.1 Å². The molecule has 0 aliphatic carbocycles. The Morgan fingerprint density at radius 1 is 1.22 bits per heavy atom. The molecule has 2 N–H and O–H groups in total. The molecule has 0 spiro atoms. The second-order valence-corrected chi connectivity index (χ2v) is 8.01. The lowest BCUT2D eigenvalue weighted by atomic mass is 10.1. The molecular formula is C21H25N9O2. The van der Waals surface area contributed by atoms with Crippen LogP contribution in [0.5, 0.6) is 0 Å². The molecule has 1 amide bonds. The van der Waals surface area contributed by atoms with Crippen molar-refractivity contribution in [2.24, 2.45) is 13.0 Å². The second-order valence-electron chi connectivity index (χ2n) is 8.01. The number of fused-ring (bicyclic) bond motifs is 1. The highest BCUT2D eigenvalue weighted by Gasteiger charge is 2.25. The first kappa shape index (κ1) is 20.2. The first-order valence-electron chi connectivity index (χ1n) is 10.6. The molecule has 11 nitrogen and oxygen atoms in total. The zero-order valence-electron chi connectivity index (χ0n) is 18.2. The van der Waals surface area contributed by atoms with Gasteiger partial charge < -0.3 is 15.0 Å². The number of aromatic amines is 1. The van der Waals surface area contributed by atoms with Crippen LogP contribution in [0.3, 0.4) is 0 Å². The maximum absolute atomic E-state index is 12.6. The number of pyridine rings is 1. The number of nitrogens with one attached hydrogen (secondary N) is 2. The quantitative estimate of drug-likeness (QED) is 0.492. The Morgan fingerprint density at radius 3 is 2.69 bits per heavy atom. The van der Waals surface area contributed by atoms with Crippen molar-refractivity contribution in [3.8, 4) is 17.1 Å². The summed E-state index contributed by atoms with van der Waals surface area (Å²) in [7, 11) is 1.89. The molecule has 1 saturated heterocycles. The van der Waals surface area contributed by atoms with E-state index in [9.17, 15) is 4.79 Å². The summed E-state index contributed by atoms with van der Waals surface area (Å²) in [5, 5.41) is 19.8. The molecule has 0 atom stereocenters. The molecule has 0 unspecified atom stereocenters. The molecule has 4 aromatic heterocycles. The van der Waals surface area contributed by atoms with Crippen molar-refractivity contribution in [2.45, 2.75) is 13.8 Å². The smallest absolute Gasteiger partial charge is 0.228 e. The summed E-state index contributed by atoms with van der Waals surface area (Å²) in [6, 6.07) is 5.79. The summed E-state index contributed by atoms with van der Waals surface area (Å²) in [4.78, 5) is 19.8. The third-order valence-corrected chi connectivity index (χ3v) is 5.54. The van der Waals surface area contributed by atoms with E-state index in [0.29, 0.717) is 30.5 Å². The van der Waals surface area contributed by atoms with Gasteiger partial charge >= 0.3 is 0 Å². The Bertz CT molecular complexity index is 1250. The van der Waals surface area contributed by atoms with Gasteiger partial charge in [0, 0.05) is 43.9 Å². The van der Waals surface area contributed by atoms with E-state index in [-0.39, 0.29) is 11.8 Å². The van der Waals surface area contributed by atoms with Crippen molar-refractivity contribution in [1.82, 2.24) is 34.7 Å². The van der Waals surface area contributed by atoms with E-state index < -0.39 is 0 Å². The van der Waals surface area contributed by atoms with Crippen LogP contribution in [0.15, 0.2) is 30.6 Å². The van der Waals surface area contributed by atoms with Gasteiger partial charge in [-0.25, -0.2) is 4.98 Å². The van der Waals surface area contributed by atoms with E-state index in [1.165, 1.54) is 0 Å². The van der Waals surface area contributed by atoms with Gasteiger partial charge in [0.1, 0.15) is 5.82 Å². The van der Waals surface area contributed by atoms with Gasteiger partial charge in [-0.2, -0.15) is 14.9 Å². The molecule has 5 rings (SSSR count). The topological polar surface area (TPSA) is 119 Å². The molecule has 5 heterocycles. The predicted molar refractivity (Wildman–Crippen MR) is 120 cm³/mol. The van der Waals surface area contributed by atoms with Crippen molar-refractivity contribution in [3.05, 3.63) is 30.6 Å². The Balaban J connectivity index is 1.79. The Labute approximate surface area is 184 Å². The number of hydrogen-bond acceptors (Lipinski definition) is 7. The van der Waals surface area contributed by atoms with Crippen LogP contribution in [0.4, 0.5) is 11.6 Å².